The zero-order valence-electron chi connectivity index (χ0n) is 12.0. The van der Waals surface area contributed by atoms with Gasteiger partial charge in [0.1, 0.15) is 5.82 Å². The van der Waals surface area contributed by atoms with Gasteiger partial charge in [0.05, 0.1) is 18.1 Å². The van der Waals surface area contributed by atoms with Gasteiger partial charge in [0.2, 0.25) is 11.8 Å². The van der Waals surface area contributed by atoms with Crippen molar-refractivity contribution in [1.82, 2.24) is 29.9 Å². The van der Waals surface area contributed by atoms with Gasteiger partial charge in [-0.15, -0.1) is 0 Å². The molecule has 0 fully saturated rings. The van der Waals surface area contributed by atoms with E-state index < -0.39 is 0 Å². The Kier molecular flexibility index (Phi) is 3.16. The Labute approximate surface area is 120 Å². The Balaban J connectivity index is 1.79. The first-order chi connectivity index (χ1) is 10.0. The molecule has 0 aliphatic heterocycles. The molecule has 110 valence electrons. The fourth-order valence-electron chi connectivity index (χ4n) is 1.85. The molecule has 0 saturated carbocycles. The van der Waals surface area contributed by atoms with Crippen LogP contribution in [0.5, 0.6) is 0 Å². The summed E-state index contributed by atoms with van der Waals surface area (Å²) < 4.78 is 6.78. The second kappa shape index (κ2) is 5.00. The molecule has 0 radical (unpaired) electrons. The topological polar surface area (TPSA) is 121 Å². The molecule has 3 heterocycles. The van der Waals surface area contributed by atoms with E-state index in [2.05, 4.69) is 30.5 Å². The van der Waals surface area contributed by atoms with Crippen LogP contribution in [-0.4, -0.2) is 29.9 Å². The summed E-state index contributed by atoms with van der Waals surface area (Å²) in [5, 5.41) is 11.8. The van der Waals surface area contributed by atoms with E-state index in [9.17, 15) is 0 Å². The molecule has 21 heavy (non-hydrogen) atoms. The number of nitrogens with zero attached hydrogens (tertiary/aromatic N) is 6. The van der Waals surface area contributed by atoms with Crippen molar-refractivity contribution in [2.45, 2.75) is 26.3 Å². The van der Waals surface area contributed by atoms with E-state index in [1.807, 2.05) is 13.8 Å². The van der Waals surface area contributed by atoms with Gasteiger partial charge in [-0.25, -0.2) is 0 Å². The molecule has 3 rings (SSSR count). The fourth-order valence-corrected chi connectivity index (χ4v) is 1.85. The average Bonchev–Trinajstić information content (AvgIpc) is 3.05. The van der Waals surface area contributed by atoms with Gasteiger partial charge >= 0.3 is 0 Å². The van der Waals surface area contributed by atoms with Crippen LogP contribution in [0.15, 0.2) is 10.7 Å². The first-order valence-electron chi connectivity index (χ1n) is 6.56. The highest BCUT2D eigenvalue weighted by Crippen LogP contribution is 2.18. The van der Waals surface area contributed by atoms with Gasteiger partial charge in [0, 0.05) is 13.0 Å². The molecule has 0 saturated heterocycles. The SMILES string of the molecule is CC(C)c1nc(CNc2nc(N)c3cnn(C)c3n2)no1. The minimum Gasteiger partial charge on any atom is -0.383 e. The highest BCUT2D eigenvalue weighted by atomic mass is 16.5. The summed E-state index contributed by atoms with van der Waals surface area (Å²) in [7, 11) is 1.80. The molecule has 9 heteroatoms. The molecule has 9 nitrogen and oxygen atoms in total. The molecule has 0 atom stereocenters. The Hall–Kier alpha value is -2.71. The molecule has 0 aliphatic rings. The van der Waals surface area contributed by atoms with Gasteiger partial charge in [0.15, 0.2) is 11.5 Å². The minimum absolute atomic E-state index is 0.198. The van der Waals surface area contributed by atoms with Crippen LogP contribution in [0.25, 0.3) is 11.0 Å². The summed E-state index contributed by atoms with van der Waals surface area (Å²) >= 11 is 0. The number of nitrogens with two attached hydrogens (primary N) is 1. The lowest BCUT2D eigenvalue weighted by atomic mass is 10.2. The van der Waals surface area contributed by atoms with E-state index >= 15 is 0 Å². The van der Waals surface area contributed by atoms with Crippen LogP contribution < -0.4 is 11.1 Å². The maximum atomic E-state index is 5.89. The molecule has 0 aliphatic carbocycles. The summed E-state index contributed by atoms with van der Waals surface area (Å²) in [6, 6.07) is 0. The Morgan fingerprint density at radius 3 is 2.86 bits per heavy atom. The van der Waals surface area contributed by atoms with Crippen molar-refractivity contribution in [1.29, 1.82) is 0 Å². The number of rotatable bonds is 4. The molecule has 0 spiro atoms. The van der Waals surface area contributed by atoms with Crippen LogP contribution in [0.2, 0.25) is 0 Å². The number of anilines is 2. The molecule has 0 amide bonds. The Bertz CT molecular complexity index is 775. The highest BCUT2D eigenvalue weighted by molar-refractivity contribution is 5.86. The van der Waals surface area contributed by atoms with E-state index in [1.54, 1.807) is 17.9 Å². The van der Waals surface area contributed by atoms with Gasteiger partial charge in [-0.3, -0.25) is 4.68 Å². The van der Waals surface area contributed by atoms with Crippen molar-refractivity contribution in [2.75, 3.05) is 11.1 Å². The quantitative estimate of drug-likeness (QED) is 0.731. The normalized spacial score (nSPS) is 11.4. The van der Waals surface area contributed by atoms with E-state index in [4.69, 9.17) is 10.3 Å². The fraction of sp³-hybridized carbons (Fsp3) is 0.417. The monoisotopic (exact) mass is 288 g/mol. The van der Waals surface area contributed by atoms with Crippen molar-refractivity contribution < 1.29 is 4.52 Å². The van der Waals surface area contributed by atoms with E-state index in [-0.39, 0.29) is 5.92 Å². The largest absolute Gasteiger partial charge is 0.383 e. The molecular weight excluding hydrogens is 272 g/mol. The lowest BCUT2D eigenvalue weighted by Crippen LogP contribution is -2.07. The van der Waals surface area contributed by atoms with Gasteiger partial charge < -0.3 is 15.6 Å². The smallest absolute Gasteiger partial charge is 0.229 e. The number of nitrogen functional groups attached to an aromatic ring is 1. The second-order valence-electron chi connectivity index (χ2n) is 5.00. The lowest BCUT2D eigenvalue weighted by Gasteiger charge is -2.04. The molecule has 0 bridgehead atoms. The third-order valence-electron chi connectivity index (χ3n) is 3.00. The van der Waals surface area contributed by atoms with Crippen molar-refractivity contribution in [3.63, 3.8) is 0 Å². The Morgan fingerprint density at radius 2 is 2.14 bits per heavy atom. The zero-order valence-corrected chi connectivity index (χ0v) is 12.0. The summed E-state index contributed by atoms with van der Waals surface area (Å²) in [6.07, 6.45) is 1.64. The van der Waals surface area contributed by atoms with E-state index in [0.717, 1.165) is 5.39 Å². The number of hydrogen-bond acceptors (Lipinski definition) is 8. The molecule has 3 aromatic heterocycles. The number of aromatic nitrogens is 6. The zero-order chi connectivity index (χ0) is 15.0. The number of fused-ring (bicyclic) bond motifs is 1. The van der Waals surface area contributed by atoms with Gasteiger partial charge in [-0.2, -0.15) is 20.1 Å². The van der Waals surface area contributed by atoms with Gasteiger partial charge in [0.25, 0.3) is 0 Å². The van der Waals surface area contributed by atoms with Crippen LogP contribution in [-0.2, 0) is 13.6 Å². The highest BCUT2D eigenvalue weighted by Gasteiger charge is 2.12. The van der Waals surface area contributed by atoms with Crippen molar-refractivity contribution >= 4 is 22.8 Å². The van der Waals surface area contributed by atoms with Crippen LogP contribution in [0.3, 0.4) is 0 Å². The maximum Gasteiger partial charge on any atom is 0.229 e. The predicted octanol–water partition coefficient (Wildman–Crippen LogP) is 1.06. The molecule has 3 N–H and O–H groups in total. The predicted molar refractivity (Wildman–Crippen MR) is 76.4 cm³/mol. The summed E-state index contributed by atoms with van der Waals surface area (Å²) in [4.78, 5) is 12.8. The average molecular weight is 288 g/mol. The van der Waals surface area contributed by atoms with Crippen molar-refractivity contribution in [3.05, 3.63) is 17.9 Å². The molecule has 3 aromatic rings. The van der Waals surface area contributed by atoms with Gasteiger partial charge in [-0.1, -0.05) is 19.0 Å². The third-order valence-corrected chi connectivity index (χ3v) is 3.00. The molecular formula is C12H16N8O. The summed E-state index contributed by atoms with van der Waals surface area (Å²) in [5.41, 5.74) is 6.56. The van der Waals surface area contributed by atoms with Crippen molar-refractivity contribution in [2.24, 2.45) is 7.05 Å². The maximum absolute atomic E-state index is 5.89. The number of hydrogen-bond donors (Lipinski definition) is 2. The molecule has 0 aromatic carbocycles. The number of aryl methyl sites for hydroxylation is 1. The van der Waals surface area contributed by atoms with E-state index in [1.165, 1.54) is 0 Å². The lowest BCUT2D eigenvalue weighted by molar-refractivity contribution is 0.361. The van der Waals surface area contributed by atoms with Crippen LogP contribution in [0.1, 0.15) is 31.5 Å². The number of nitrogens with one attached hydrogen (secondary N) is 1. The van der Waals surface area contributed by atoms with Crippen LogP contribution in [0.4, 0.5) is 11.8 Å². The van der Waals surface area contributed by atoms with Crippen LogP contribution in [0, 0.1) is 0 Å². The first-order valence-corrected chi connectivity index (χ1v) is 6.56. The summed E-state index contributed by atoms with van der Waals surface area (Å²) in [6.45, 7) is 4.34. The first kappa shape index (κ1) is 13.3. The van der Waals surface area contributed by atoms with E-state index in [0.29, 0.717) is 35.7 Å². The van der Waals surface area contributed by atoms with Crippen LogP contribution >= 0.6 is 0 Å². The minimum atomic E-state index is 0.198. The molecule has 0 unspecified atom stereocenters. The van der Waals surface area contributed by atoms with Crippen molar-refractivity contribution in [3.8, 4) is 0 Å². The van der Waals surface area contributed by atoms with Gasteiger partial charge in [-0.05, 0) is 0 Å². The second-order valence-corrected chi connectivity index (χ2v) is 5.00. The standard InChI is InChI=1S/C12H16N8O/c1-6(2)11-16-8(19-21-11)5-14-12-17-9(13)7-4-15-20(3)10(7)18-12/h4,6H,5H2,1-3H3,(H3,13,14,17,18). The third kappa shape index (κ3) is 2.49. The Morgan fingerprint density at radius 1 is 1.33 bits per heavy atom. The summed E-state index contributed by atoms with van der Waals surface area (Å²) in [5.74, 6) is 2.13.